The van der Waals surface area contributed by atoms with Gasteiger partial charge < -0.3 is 10.6 Å². The molecule has 0 saturated carbocycles. The normalized spacial score (nSPS) is 16.0. The summed E-state index contributed by atoms with van der Waals surface area (Å²) < 4.78 is 12.9. The van der Waals surface area contributed by atoms with Crippen LogP contribution in [0.4, 0.5) is 10.1 Å². The molecular weight excluding hydrogens is 277 g/mol. The average Bonchev–Trinajstić information content (AvgIpc) is 2.58. The van der Waals surface area contributed by atoms with E-state index in [2.05, 4.69) is 28.0 Å². The van der Waals surface area contributed by atoms with Crippen LogP contribution in [0.15, 0.2) is 48.5 Å². The lowest BCUT2D eigenvalue weighted by Gasteiger charge is -2.37. The minimum atomic E-state index is -0.174. The maximum Gasteiger partial charge on any atom is 0.123 e. The van der Waals surface area contributed by atoms with E-state index < -0.39 is 0 Å². The molecule has 116 valence electrons. The van der Waals surface area contributed by atoms with Crippen LogP contribution in [0.3, 0.4) is 0 Å². The van der Waals surface area contributed by atoms with Crippen LogP contribution < -0.4 is 10.6 Å². The van der Waals surface area contributed by atoms with Gasteiger partial charge in [-0.25, -0.2) is 4.39 Å². The SMILES string of the molecule is NCc1ccccc1N1CCN(Cc2ccc(F)cc2)CC1. The van der Waals surface area contributed by atoms with Gasteiger partial charge in [-0.05, 0) is 29.3 Å². The predicted molar refractivity (Wildman–Crippen MR) is 88.2 cm³/mol. The van der Waals surface area contributed by atoms with Crippen molar-refractivity contribution < 1.29 is 4.39 Å². The Balaban J connectivity index is 1.59. The third-order valence-corrected chi connectivity index (χ3v) is 4.24. The number of para-hydroxylation sites is 1. The van der Waals surface area contributed by atoms with Gasteiger partial charge in [-0.1, -0.05) is 30.3 Å². The molecule has 1 heterocycles. The van der Waals surface area contributed by atoms with Crippen LogP contribution in [0.2, 0.25) is 0 Å². The number of rotatable bonds is 4. The summed E-state index contributed by atoms with van der Waals surface area (Å²) in [7, 11) is 0. The number of piperazine rings is 1. The smallest absolute Gasteiger partial charge is 0.123 e. The van der Waals surface area contributed by atoms with Gasteiger partial charge >= 0.3 is 0 Å². The zero-order valence-corrected chi connectivity index (χ0v) is 12.7. The van der Waals surface area contributed by atoms with Gasteiger partial charge in [-0.3, -0.25) is 4.90 Å². The Kier molecular flexibility index (Phi) is 4.71. The minimum Gasteiger partial charge on any atom is -0.369 e. The van der Waals surface area contributed by atoms with E-state index in [9.17, 15) is 4.39 Å². The lowest BCUT2D eigenvalue weighted by Crippen LogP contribution is -2.46. The van der Waals surface area contributed by atoms with Crippen molar-refractivity contribution in [3.05, 3.63) is 65.5 Å². The van der Waals surface area contributed by atoms with Crippen molar-refractivity contribution in [3.63, 3.8) is 0 Å². The molecule has 0 unspecified atom stereocenters. The fraction of sp³-hybridized carbons (Fsp3) is 0.333. The van der Waals surface area contributed by atoms with Crippen LogP contribution in [0, 0.1) is 5.82 Å². The summed E-state index contributed by atoms with van der Waals surface area (Å²) in [6, 6.07) is 15.1. The van der Waals surface area contributed by atoms with Gasteiger partial charge in [0.05, 0.1) is 0 Å². The first-order valence-corrected chi connectivity index (χ1v) is 7.76. The first-order valence-electron chi connectivity index (χ1n) is 7.76. The third kappa shape index (κ3) is 3.46. The lowest BCUT2D eigenvalue weighted by atomic mass is 10.1. The van der Waals surface area contributed by atoms with Crippen molar-refractivity contribution in [2.24, 2.45) is 5.73 Å². The Morgan fingerprint density at radius 3 is 2.27 bits per heavy atom. The van der Waals surface area contributed by atoms with Crippen molar-refractivity contribution in [2.45, 2.75) is 13.1 Å². The predicted octanol–water partition coefficient (Wildman–Crippen LogP) is 2.61. The largest absolute Gasteiger partial charge is 0.369 e. The second-order valence-corrected chi connectivity index (χ2v) is 5.72. The molecule has 3 rings (SSSR count). The van der Waals surface area contributed by atoms with Crippen molar-refractivity contribution in [2.75, 3.05) is 31.1 Å². The summed E-state index contributed by atoms with van der Waals surface area (Å²) in [4.78, 5) is 4.82. The van der Waals surface area contributed by atoms with E-state index in [0.29, 0.717) is 6.54 Å². The van der Waals surface area contributed by atoms with Crippen molar-refractivity contribution in [3.8, 4) is 0 Å². The van der Waals surface area contributed by atoms with Gasteiger partial charge in [0.1, 0.15) is 5.82 Å². The summed E-state index contributed by atoms with van der Waals surface area (Å²) in [5.74, 6) is -0.174. The Morgan fingerprint density at radius 1 is 0.909 bits per heavy atom. The average molecular weight is 299 g/mol. The van der Waals surface area contributed by atoms with Crippen molar-refractivity contribution in [1.82, 2.24) is 4.90 Å². The molecule has 2 aromatic rings. The molecule has 0 aliphatic carbocycles. The number of anilines is 1. The molecule has 1 aliphatic heterocycles. The van der Waals surface area contributed by atoms with Crippen LogP contribution in [0.5, 0.6) is 0 Å². The van der Waals surface area contributed by atoms with Crippen LogP contribution in [0.25, 0.3) is 0 Å². The monoisotopic (exact) mass is 299 g/mol. The van der Waals surface area contributed by atoms with Crippen LogP contribution in [0.1, 0.15) is 11.1 Å². The lowest BCUT2D eigenvalue weighted by molar-refractivity contribution is 0.249. The first kappa shape index (κ1) is 15.0. The zero-order valence-electron chi connectivity index (χ0n) is 12.7. The van der Waals surface area contributed by atoms with Gasteiger partial charge in [0, 0.05) is 45.0 Å². The molecule has 1 saturated heterocycles. The molecule has 4 heteroatoms. The molecular formula is C18H22FN3. The van der Waals surface area contributed by atoms with E-state index in [1.165, 1.54) is 23.4 Å². The van der Waals surface area contributed by atoms with E-state index in [0.717, 1.165) is 38.3 Å². The molecule has 0 bridgehead atoms. The fourth-order valence-electron chi connectivity index (χ4n) is 2.99. The minimum absolute atomic E-state index is 0.174. The van der Waals surface area contributed by atoms with E-state index in [4.69, 9.17) is 5.73 Å². The van der Waals surface area contributed by atoms with E-state index in [1.807, 2.05) is 18.2 Å². The second kappa shape index (κ2) is 6.90. The highest BCUT2D eigenvalue weighted by atomic mass is 19.1. The number of hydrogen-bond donors (Lipinski definition) is 1. The van der Waals surface area contributed by atoms with Crippen molar-refractivity contribution >= 4 is 5.69 Å². The standard InChI is InChI=1S/C18H22FN3/c19-17-7-5-15(6-8-17)14-21-9-11-22(12-10-21)18-4-2-1-3-16(18)13-20/h1-8H,9-14,20H2. The topological polar surface area (TPSA) is 32.5 Å². The second-order valence-electron chi connectivity index (χ2n) is 5.72. The number of hydrogen-bond acceptors (Lipinski definition) is 3. The Labute approximate surface area is 131 Å². The Bertz CT molecular complexity index is 604. The highest BCUT2D eigenvalue weighted by molar-refractivity contribution is 5.54. The van der Waals surface area contributed by atoms with Crippen LogP contribution >= 0.6 is 0 Å². The van der Waals surface area contributed by atoms with Gasteiger partial charge in [-0.15, -0.1) is 0 Å². The number of nitrogens with two attached hydrogens (primary N) is 1. The van der Waals surface area contributed by atoms with Gasteiger partial charge in [0.25, 0.3) is 0 Å². The molecule has 2 aromatic carbocycles. The quantitative estimate of drug-likeness (QED) is 0.942. The summed E-state index contributed by atoms with van der Waals surface area (Å²) in [6.45, 7) is 5.47. The molecule has 0 atom stereocenters. The highest BCUT2D eigenvalue weighted by Crippen LogP contribution is 2.22. The van der Waals surface area contributed by atoms with Crippen molar-refractivity contribution in [1.29, 1.82) is 0 Å². The van der Waals surface area contributed by atoms with Crippen LogP contribution in [-0.4, -0.2) is 31.1 Å². The molecule has 1 aliphatic rings. The molecule has 0 radical (unpaired) electrons. The molecule has 22 heavy (non-hydrogen) atoms. The molecule has 0 aromatic heterocycles. The van der Waals surface area contributed by atoms with Gasteiger partial charge in [0.2, 0.25) is 0 Å². The maximum absolute atomic E-state index is 12.9. The third-order valence-electron chi connectivity index (χ3n) is 4.24. The van der Waals surface area contributed by atoms with E-state index in [1.54, 1.807) is 0 Å². The fourth-order valence-corrected chi connectivity index (χ4v) is 2.99. The Morgan fingerprint density at radius 2 is 1.59 bits per heavy atom. The van der Waals surface area contributed by atoms with Gasteiger partial charge in [-0.2, -0.15) is 0 Å². The Hall–Kier alpha value is -1.91. The summed E-state index contributed by atoms with van der Waals surface area (Å²) in [5.41, 5.74) is 9.45. The number of halogens is 1. The molecule has 3 nitrogen and oxygen atoms in total. The van der Waals surface area contributed by atoms with Gasteiger partial charge in [0.15, 0.2) is 0 Å². The highest BCUT2D eigenvalue weighted by Gasteiger charge is 2.18. The van der Waals surface area contributed by atoms with E-state index in [-0.39, 0.29) is 5.82 Å². The van der Waals surface area contributed by atoms with Crippen LogP contribution in [-0.2, 0) is 13.1 Å². The number of benzene rings is 2. The molecule has 2 N–H and O–H groups in total. The first-order chi connectivity index (χ1) is 10.8. The molecule has 0 amide bonds. The number of nitrogens with zero attached hydrogens (tertiary/aromatic N) is 2. The van der Waals surface area contributed by atoms with E-state index >= 15 is 0 Å². The summed E-state index contributed by atoms with van der Waals surface area (Å²) in [5, 5.41) is 0. The summed E-state index contributed by atoms with van der Waals surface area (Å²) >= 11 is 0. The maximum atomic E-state index is 12.9. The molecule has 1 fully saturated rings. The molecule has 0 spiro atoms. The zero-order chi connectivity index (χ0) is 15.4. The summed E-state index contributed by atoms with van der Waals surface area (Å²) in [6.07, 6.45) is 0.